The normalized spacial score (nSPS) is 23.3. The van der Waals surface area contributed by atoms with Crippen molar-refractivity contribution in [2.24, 2.45) is 0 Å². The predicted octanol–water partition coefficient (Wildman–Crippen LogP) is 4.49. The third kappa shape index (κ3) is 227000. The summed E-state index contributed by atoms with van der Waals surface area (Å²) in [7, 11) is 0. The van der Waals surface area contributed by atoms with Crippen LogP contribution in [0.1, 0.15) is 0 Å². The maximum atomic E-state index is 9.95. The van der Waals surface area contributed by atoms with Crippen molar-refractivity contribution in [2.45, 2.75) is 0 Å². The van der Waals surface area contributed by atoms with Gasteiger partial charge < -0.3 is 18.5 Å². The van der Waals surface area contributed by atoms with Crippen molar-refractivity contribution in [1.82, 2.24) is 18.5 Å². The number of hydrogen-bond donors (Lipinski definition) is 3. The monoisotopic (exact) mass is 387 g/mol. The van der Waals surface area contributed by atoms with Gasteiger partial charge in [-0.3, -0.25) is 0 Å². The van der Waals surface area contributed by atoms with Crippen molar-refractivity contribution in [3.63, 3.8) is 0 Å². The Morgan fingerprint density at radius 3 is 0.417 bits per heavy atom. The summed E-state index contributed by atoms with van der Waals surface area (Å²) in [5.41, 5.74) is 0. The van der Waals surface area contributed by atoms with Gasteiger partial charge in [0.05, 0.1) is 0 Å². The summed E-state index contributed by atoms with van der Waals surface area (Å²) in [5.74, 6) is 0. The molecular weight excluding hydrogens is 375 g/mol. The maximum absolute atomic E-state index is 15.4. The van der Waals surface area contributed by atoms with E-state index < -0.39 is 16.3 Å². The summed E-state index contributed by atoms with van der Waals surface area (Å²) in [5, 5.41) is 0. The largest absolute Gasteiger partial charge is 0.369 e. The molecule has 12 heavy (non-hydrogen) atoms. The van der Waals surface area contributed by atoms with Crippen LogP contribution in [-0.4, -0.2) is 0 Å². The maximum Gasteiger partial charge on any atom is -0.369 e. The van der Waals surface area contributed by atoms with E-state index in [1.807, 2.05) is 0 Å². The smallest absolute Gasteiger partial charge is 0.369 e. The van der Waals surface area contributed by atoms with Crippen LogP contribution in [0.4, 0.5) is 24.2 Å². The SMILES string of the molecule is [F][Ta-3]([F])([F])([F])([F])([F])([F])[F].[NH4+].[NH4+].[NH4+]. The van der Waals surface area contributed by atoms with E-state index in [0.717, 1.165) is 0 Å². The molecule has 0 heterocycles. The van der Waals surface area contributed by atoms with Crippen molar-refractivity contribution in [2.75, 3.05) is 0 Å². The minimum absolute atomic E-state index is 0. The molecule has 0 aliphatic rings. The molecule has 0 bridgehead atoms. The van der Waals surface area contributed by atoms with Crippen molar-refractivity contribution in [3.8, 4) is 0 Å². The van der Waals surface area contributed by atoms with E-state index in [-0.39, 0.29) is 18.5 Å². The molecule has 0 atom stereocenters. The molecule has 0 spiro atoms. The third-order valence-electron chi connectivity index (χ3n) is 0. The molecule has 0 fully saturated rings. The Kier molecular flexibility index (Phi) is 2.69. The zero-order chi connectivity index (χ0) is 8.35. The van der Waals surface area contributed by atoms with Gasteiger partial charge in [0.25, 0.3) is 0 Å². The second-order valence-electron chi connectivity index (χ2n) is 1.79. The van der Waals surface area contributed by atoms with Gasteiger partial charge >= 0.3 is 40.4 Å². The third-order valence-corrected chi connectivity index (χ3v) is 0. The van der Waals surface area contributed by atoms with Crippen LogP contribution in [0.3, 0.4) is 0 Å². The van der Waals surface area contributed by atoms with E-state index in [0.29, 0.717) is 0 Å². The zero-order valence-electron chi connectivity index (χ0n) is 6.47. The average Bonchev–Trinajstić information content (AvgIpc) is 0.503. The molecule has 0 aromatic heterocycles. The zero-order valence-corrected chi connectivity index (χ0v) is 9.68. The second kappa shape index (κ2) is 1.42. The molecule has 3 nitrogen and oxygen atoms in total. The van der Waals surface area contributed by atoms with Gasteiger partial charge in [-0.2, -0.15) is 0 Å². The van der Waals surface area contributed by atoms with Gasteiger partial charge in [-0.1, -0.05) is 0 Å². The first-order chi connectivity index (χ1) is 2.83. The van der Waals surface area contributed by atoms with Crippen molar-refractivity contribution < 1.29 is 40.4 Å². The Hall–Kier alpha value is 0.0603. The van der Waals surface area contributed by atoms with E-state index in [1.165, 1.54) is 0 Å². The quantitative estimate of drug-likeness (QED) is 0.510. The fraction of sp³-hybridized carbons (Fsp3) is 0. The van der Waals surface area contributed by atoms with Gasteiger partial charge in [0.1, 0.15) is 0 Å². The first-order valence-corrected chi connectivity index (χ1v) is 11.1. The van der Waals surface area contributed by atoms with Gasteiger partial charge in [0.2, 0.25) is 0 Å². The number of halogens is 8. The molecular formula is H12F8N3Ta. The Labute approximate surface area is 59.7 Å². The Morgan fingerprint density at radius 1 is 0.417 bits per heavy atom. The predicted molar refractivity (Wildman–Crippen MR) is 26.8 cm³/mol. The number of quaternary nitrogens is 3. The van der Waals surface area contributed by atoms with Gasteiger partial charge in [0, 0.05) is 0 Å². The summed E-state index contributed by atoms with van der Waals surface area (Å²) >= 11 is -15.4. The van der Waals surface area contributed by atoms with Crippen LogP contribution in [0, 0.1) is 0 Å². The molecule has 88 valence electrons. The van der Waals surface area contributed by atoms with Crippen molar-refractivity contribution in [3.05, 3.63) is 0 Å². The molecule has 0 rings (SSSR count). The molecule has 0 unspecified atom stereocenters. The van der Waals surface area contributed by atoms with Crippen LogP contribution >= 0.6 is 0 Å². The first kappa shape index (κ1) is 22.7. The Bertz CT molecular complexity index is 149. The molecule has 0 aromatic carbocycles. The molecule has 0 saturated heterocycles. The second-order valence-corrected chi connectivity index (χ2v) is 14.6. The Morgan fingerprint density at radius 2 is 0.417 bits per heavy atom. The summed E-state index contributed by atoms with van der Waals surface area (Å²) < 4.78 is 79.6. The molecule has 0 radical (unpaired) electrons. The van der Waals surface area contributed by atoms with Crippen LogP contribution < -0.4 is 18.5 Å². The molecule has 12 heteroatoms. The van der Waals surface area contributed by atoms with E-state index >= 15 is 0 Å². The van der Waals surface area contributed by atoms with Crippen LogP contribution in [0.15, 0.2) is 0 Å². The van der Waals surface area contributed by atoms with Crippen LogP contribution in [-0.2, 0) is 16.3 Å². The summed E-state index contributed by atoms with van der Waals surface area (Å²) in [4.78, 5) is 0. The fourth-order valence-electron chi connectivity index (χ4n) is 0. The van der Waals surface area contributed by atoms with E-state index in [2.05, 4.69) is 0 Å². The minimum atomic E-state index is -15.4. The summed E-state index contributed by atoms with van der Waals surface area (Å²) in [6, 6.07) is 0. The molecule has 0 saturated carbocycles. The van der Waals surface area contributed by atoms with E-state index in [1.54, 1.807) is 0 Å². The minimum Gasteiger partial charge on any atom is -0.369 e. The van der Waals surface area contributed by atoms with Gasteiger partial charge in [-0.05, 0) is 0 Å². The topological polar surface area (TPSA) is 110 Å². The van der Waals surface area contributed by atoms with Gasteiger partial charge in [0.15, 0.2) is 0 Å². The van der Waals surface area contributed by atoms with E-state index in [4.69, 9.17) is 0 Å². The van der Waals surface area contributed by atoms with Gasteiger partial charge in [-0.25, -0.2) is 0 Å². The van der Waals surface area contributed by atoms with Gasteiger partial charge in [-0.15, -0.1) is 0 Å². The molecule has 0 aliphatic heterocycles. The number of hydrogen-bond acceptors (Lipinski definition) is 0. The summed E-state index contributed by atoms with van der Waals surface area (Å²) in [6.45, 7) is 0. The molecule has 12 N–H and O–H groups in total. The standard InChI is InChI=1S/8FH.3H3N.Ta/h8*1H;3*1H3;/q;;;;;;;;;;;+5/p-5. The van der Waals surface area contributed by atoms with Crippen molar-refractivity contribution >= 4 is 0 Å². The first-order valence-electron chi connectivity index (χ1n) is 1.35. The van der Waals surface area contributed by atoms with Crippen molar-refractivity contribution in [1.29, 1.82) is 0 Å². The number of rotatable bonds is 0. The van der Waals surface area contributed by atoms with E-state index in [9.17, 15) is 24.2 Å². The fourth-order valence-corrected chi connectivity index (χ4v) is 0. The van der Waals surface area contributed by atoms with Crippen LogP contribution in [0.5, 0.6) is 0 Å². The molecule has 0 aliphatic carbocycles. The van der Waals surface area contributed by atoms with Crippen LogP contribution in [0.25, 0.3) is 0 Å². The molecule has 0 aromatic rings. The molecule has 0 amide bonds. The Balaban J connectivity index is -0.000000107. The summed E-state index contributed by atoms with van der Waals surface area (Å²) in [6.07, 6.45) is 0. The average molecular weight is 387 g/mol. The van der Waals surface area contributed by atoms with Crippen LogP contribution in [0.2, 0.25) is 0 Å².